The van der Waals surface area contributed by atoms with Crippen molar-refractivity contribution in [2.75, 3.05) is 0 Å². The van der Waals surface area contributed by atoms with Gasteiger partial charge in [0.25, 0.3) is 6.79 Å². The van der Waals surface area contributed by atoms with E-state index in [0.29, 0.717) is 54.9 Å². The Labute approximate surface area is 379 Å². The summed E-state index contributed by atoms with van der Waals surface area (Å²) in [6.07, 6.45) is 48.6. The zero-order valence-electron chi connectivity index (χ0n) is 36.9. The molecular weight excluding hydrogens is 864 g/mol. The second-order valence-electron chi connectivity index (χ2n) is 18.8. The van der Waals surface area contributed by atoms with E-state index in [1.54, 1.807) is 0 Å². The summed E-state index contributed by atoms with van der Waals surface area (Å²) >= 11 is 0. The molecule has 9 aliphatic rings. The molecule has 10 nitrogen and oxygen atoms in total. The summed E-state index contributed by atoms with van der Waals surface area (Å²) < 4.78 is 55.4. The molecule has 0 atom stereocenters. The Kier molecular flexibility index (Phi) is 27.0. The molecule has 14 heteroatoms. The average molecular weight is 946 g/mol. The van der Waals surface area contributed by atoms with E-state index in [1.807, 2.05) is 0 Å². The van der Waals surface area contributed by atoms with Crippen LogP contribution in [-0.4, -0.2) is 61.7 Å². The molecule has 0 aromatic heterocycles. The maximum atomic E-state index is 7.50. The molecule has 0 N–H and O–H groups in total. The van der Waals surface area contributed by atoms with Crippen LogP contribution in [0.25, 0.3) is 0 Å². The first kappa shape index (κ1) is 52.1. The van der Waals surface area contributed by atoms with E-state index in [-0.39, 0.29) is 16.5 Å². The maximum absolute atomic E-state index is 7.50. The normalized spacial score (nSPS) is 25.7. The third kappa shape index (κ3) is 19.9. The van der Waals surface area contributed by atoms with Gasteiger partial charge in [0.2, 0.25) is 0 Å². The van der Waals surface area contributed by atoms with Crippen LogP contribution in [0.3, 0.4) is 0 Å². The van der Waals surface area contributed by atoms with Crippen molar-refractivity contribution >= 4 is 32.6 Å². The third-order valence-corrected chi connectivity index (χ3v) is 18.1. The topological polar surface area (TPSA) is 100 Å². The molecule has 9 saturated carbocycles. The quantitative estimate of drug-likeness (QED) is 0.0975. The molecule has 0 aromatic carbocycles. The average Bonchev–Trinajstić information content (AvgIpc) is 4.08. The first-order chi connectivity index (χ1) is 29.2. The van der Waals surface area contributed by atoms with E-state index in [9.17, 15) is 0 Å². The summed E-state index contributed by atoms with van der Waals surface area (Å²) in [5.74, 6) is 0. The molecule has 0 aromatic rings. The Morgan fingerprint density at radius 3 is 0.383 bits per heavy atom. The number of carbonyl (C=O) groups excluding carboxylic acids is 1. The van der Waals surface area contributed by atoms with Crippen molar-refractivity contribution in [2.45, 2.75) is 286 Å². The molecule has 9 fully saturated rings. The fourth-order valence-electron chi connectivity index (χ4n) is 10.3. The van der Waals surface area contributed by atoms with Gasteiger partial charge in [-0.2, -0.15) is 0 Å². The van der Waals surface area contributed by atoms with Gasteiger partial charge >= 0.3 is 25.8 Å². The molecule has 9 aliphatic carbocycles. The second-order valence-corrected chi connectivity index (χ2v) is 22.0. The fourth-order valence-corrected chi connectivity index (χ4v) is 14.8. The van der Waals surface area contributed by atoms with Crippen molar-refractivity contribution < 1.29 is 62.0 Å². The summed E-state index contributed by atoms with van der Waals surface area (Å²) in [5.41, 5.74) is 0. The van der Waals surface area contributed by atoms with Gasteiger partial charge in [0.1, 0.15) is 0 Å². The van der Waals surface area contributed by atoms with Crippen LogP contribution in [0.15, 0.2) is 0 Å². The first-order valence-corrected chi connectivity index (χ1v) is 28.1. The predicted octanol–water partition coefficient (Wildman–Crippen LogP) is 14.9. The minimum absolute atomic E-state index is 0. The molecule has 0 saturated heterocycles. The van der Waals surface area contributed by atoms with E-state index in [4.69, 9.17) is 45.5 Å². The SMILES string of the molecule is C1CCC(OP(OC2CCCC2)OC2CCCC2)C1.C1CCC(OP(OC2CCCC2)OC2CCCC2)C1.C1CCC(OP(OC2CCCC2)OC2CCCC2)C1.[C]=O.[Ni]. The summed E-state index contributed by atoms with van der Waals surface area (Å²) in [5, 5.41) is 0. The van der Waals surface area contributed by atoms with Crippen LogP contribution in [0.4, 0.5) is 0 Å². The zero-order chi connectivity index (χ0) is 40.7. The van der Waals surface area contributed by atoms with Crippen molar-refractivity contribution in [3.8, 4) is 0 Å². The third-order valence-electron chi connectivity index (χ3n) is 13.8. The second kappa shape index (κ2) is 31.1. The number of rotatable bonds is 18. The van der Waals surface area contributed by atoms with Crippen LogP contribution in [0, 0.1) is 0 Å². The van der Waals surface area contributed by atoms with Gasteiger partial charge in [0.05, 0.1) is 54.9 Å². The van der Waals surface area contributed by atoms with Gasteiger partial charge in [-0.3, -0.25) is 4.79 Å². The van der Waals surface area contributed by atoms with Crippen molar-refractivity contribution in [2.24, 2.45) is 0 Å². The van der Waals surface area contributed by atoms with Gasteiger partial charge in [0, 0.05) is 16.5 Å². The molecule has 0 spiro atoms. The molecule has 0 heterocycles. The van der Waals surface area contributed by atoms with Crippen molar-refractivity contribution in [3.63, 3.8) is 0 Å². The smallest absolute Gasteiger partial charge is 0.309 e. The summed E-state index contributed by atoms with van der Waals surface area (Å²) in [7, 11) is -3.28. The molecule has 60 heavy (non-hydrogen) atoms. The van der Waals surface area contributed by atoms with E-state index in [2.05, 4.69) is 6.79 Å². The van der Waals surface area contributed by atoms with E-state index in [1.165, 1.54) is 231 Å². The van der Waals surface area contributed by atoms with Gasteiger partial charge in [0.15, 0.2) is 0 Å². The van der Waals surface area contributed by atoms with E-state index < -0.39 is 25.8 Å². The maximum Gasteiger partial charge on any atom is 0.333 e. The van der Waals surface area contributed by atoms with Crippen molar-refractivity contribution in [1.82, 2.24) is 0 Å². The van der Waals surface area contributed by atoms with Crippen LogP contribution in [0.5, 0.6) is 0 Å². The van der Waals surface area contributed by atoms with Gasteiger partial charge < -0.3 is 40.7 Å². The largest absolute Gasteiger partial charge is 0.333 e. The Bertz CT molecular complexity index is 794. The monoisotopic (exact) mass is 944 g/mol. The molecule has 0 aliphatic heterocycles. The van der Waals surface area contributed by atoms with Crippen molar-refractivity contribution in [3.05, 3.63) is 0 Å². The number of hydrogen-bond donors (Lipinski definition) is 0. The summed E-state index contributed by atoms with van der Waals surface area (Å²) in [6.45, 7) is 4.50. The van der Waals surface area contributed by atoms with Gasteiger partial charge in [-0.1, -0.05) is 116 Å². The van der Waals surface area contributed by atoms with Gasteiger partial charge in [-0.05, 0) is 116 Å². The Hall–Kier alpha value is 1.09. The first-order valence-electron chi connectivity index (χ1n) is 24.8. The van der Waals surface area contributed by atoms with Crippen LogP contribution >= 0.6 is 25.8 Å². The predicted molar refractivity (Wildman–Crippen MR) is 237 cm³/mol. The molecule has 0 unspecified atom stereocenters. The zero-order valence-corrected chi connectivity index (χ0v) is 40.6. The van der Waals surface area contributed by atoms with Crippen LogP contribution in [-0.2, 0) is 62.0 Å². The Balaban J connectivity index is 0.000000166. The summed E-state index contributed by atoms with van der Waals surface area (Å²) in [4.78, 5) is 7.50. The molecular formula is C46H81NiO10P3. The van der Waals surface area contributed by atoms with Crippen LogP contribution < -0.4 is 0 Å². The van der Waals surface area contributed by atoms with Crippen LogP contribution in [0.2, 0.25) is 0 Å². The molecule has 0 bridgehead atoms. The Morgan fingerprint density at radius 1 is 0.217 bits per heavy atom. The standard InChI is InChI=1S/3C15H27O3P.CO.Ni/c3*1-2-8-13(7-1)16-19(17-14-9-3-4-10-14)18-15-11-5-6-12-15;1-2;/h3*13-15H,1-12H2;;. The van der Waals surface area contributed by atoms with Crippen molar-refractivity contribution in [1.29, 1.82) is 0 Å². The minimum Gasteiger partial charge on any atom is -0.309 e. The van der Waals surface area contributed by atoms with Gasteiger partial charge in [-0.25, -0.2) is 0 Å². The molecule has 9 rings (SSSR count). The Morgan fingerprint density at radius 2 is 0.300 bits per heavy atom. The minimum atomic E-state index is -1.09. The molecule has 0 amide bonds. The molecule has 350 valence electrons. The van der Waals surface area contributed by atoms with E-state index >= 15 is 0 Å². The fraction of sp³-hybridized carbons (Fsp3) is 0.978. The number of hydrogen-bond acceptors (Lipinski definition) is 10. The van der Waals surface area contributed by atoms with E-state index in [0.717, 1.165) is 0 Å². The van der Waals surface area contributed by atoms with Gasteiger partial charge in [-0.15, -0.1) is 0 Å². The summed E-state index contributed by atoms with van der Waals surface area (Å²) in [6, 6.07) is 0. The van der Waals surface area contributed by atoms with Crippen LogP contribution in [0.1, 0.15) is 231 Å². The molecule has 2 radical (unpaired) electrons.